The normalized spacial score (nSPS) is 20.2. The van der Waals surface area contributed by atoms with Gasteiger partial charge < -0.3 is 9.73 Å². The molecular formula is C19H24ClFN2O. The van der Waals surface area contributed by atoms with Gasteiger partial charge in [0.05, 0.1) is 12.1 Å². The Morgan fingerprint density at radius 1 is 1.08 bits per heavy atom. The molecule has 1 aromatic heterocycles. The monoisotopic (exact) mass is 350 g/mol. The number of nitrogens with zero attached hydrogens (tertiary/aromatic N) is 1. The van der Waals surface area contributed by atoms with E-state index in [2.05, 4.69) is 10.2 Å². The molecule has 2 aromatic rings. The SMILES string of the molecule is Cl.Fc1ccccc1-c1ccc(CN2CCC3(CCNCC3)C2)o1. The Balaban J connectivity index is 0.00000169. The van der Waals surface area contributed by atoms with Crippen molar-refractivity contribution in [1.29, 1.82) is 0 Å². The topological polar surface area (TPSA) is 28.4 Å². The van der Waals surface area contributed by atoms with Crippen LogP contribution in [0.4, 0.5) is 4.39 Å². The lowest BCUT2D eigenvalue weighted by atomic mass is 9.78. The fourth-order valence-electron chi connectivity index (χ4n) is 4.02. The van der Waals surface area contributed by atoms with Gasteiger partial charge in [-0.05, 0) is 68.6 Å². The van der Waals surface area contributed by atoms with Gasteiger partial charge >= 0.3 is 0 Å². The fourth-order valence-corrected chi connectivity index (χ4v) is 4.02. The van der Waals surface area contributed by atoms with Crippen LogP contribution in [-0.4, -0.2) is 31.1 Å². The molecule has 2 saturated heterocycles. The molecule has 2 aliphatic heterocycles. The van der Waals surface area contributed by atoms with E-state index in [1.54, 1.807) is 12.1 Å². The predicted molar refractivity (Wildman–Crippen MR) is 95.8 cm³/mol. The van der Waals surface area contributed by atoms with E-state index in [1.165, 1.54) is 25.3 Å². The van der Waals surface area contributed by atoms with Gasteiger partial charge in [0, 0.05) is 6.54 Å². The average molecular weight is 351 g/mol. The van der Waals surface area contributed by atoms with E-state index in [1.807, 2.05) is 18.2 Å². The second-order valence-corrected chi connectivity index (χ2v) is 6.96. The average Bonchev–Trinajstić information content (AvgIpc) is 3.17. The molecule has 24 heavy (non-hydrogen) atoms. The molecule has 1 N–H and O–H groups in total. The van der Waals surface area contributed by atoms with Crippen LogP contribution in [0.2, 0.25) is 0 Å². The van der Waals surface area contributed by atoms with Gasteiger partial charge in [-0.2, -0.15) is 0 Å². The molecular weight excluding hydrogens is 327 g/mol. The lowest BCUT2D eigenvalue weighted by molar-refractivity contribution is 0.189. The van der Waals surface area contributed by atoms with Gasteiger partial charge in [-0.1, -0.05) is 12.1 Å². The first-order valence-corrected chi connectivity index (χ1v) is 8.51. The number of benzene rings is 1. The van der Waals surface area contributed by atoms with Gasteiger partial charge in [-0.15, -0.1) is 12.4 Å². The van der Waals surface area contributed by atoms with Crippen molar-refractivity contribution >= 4 is 12.4 Å². The zero-order valence-corrected chi connectivity index (χ0v) is 14.6. The summed E-state index contributed by atoms with van der Waals surface area (Å²) in [5.41, 5.74) is 1.04. The molecule has 0 amide bonds. The quantitative estimate of drug-likeness (QED) is 0.904. The van der Waals surface area contributed by atoms with Crippen LogP contribution in [0.1, 0.15) is 25.0 Å². The largest absolute Gasteiger partial charge is 0.460 e. The molecule has 3 nitrogen and oxygen atoms in total. The standard InChI is InChI=1S/C19H23FN2O.ClH/c20-17-4-2-1-3-16(17)18-6-5-15(23-18)13-22-12-9-19(14-22)7-10-21-11-8-19;/h1-6,21H,7-14H2;1H. The second-order valence-electron chi connectivity index (χ2n) is 6.96. The number of hydrogen-bond donors (Lipinski definition) is 1. The van der Waals surface area contributed by atoms with Gasteiger partial charge in [-0.25, -0.2) is 4.39 Å². The van der Waals surface area contributed by atoms with Crippen LogP contribution in [0.25, 0.3) is 11.3 Å². The minimum absolute atomic E-state index is 0. The number of likely N-dealkylation sites (tertiary alicyclic amines) is 1. The summed E-state index contributed by atoms with van der Waals surface area (Å²) in [5.74, 6) is 1.31. The van der Waals surface area contributed by atoms with Crippen molar-refractivity contribution in [2.45, 2.75) is 25.8 Å². The smallest absolute Gasteiger partial charge is 0.137 e. The van der Waals surface area contributed by atoms with E-state index in [9.17, 15) is 4.39 Å². The van der Waals surface area contributed by atoms with Crippen LogP contribution in [0.15, 0.2) is 40.8 Å². The summed E-state index contributed by atoms with van der Waals surface area (Å²) >= 11 is 0. The van der Waals surface area contributed by atoms with Crippen molar-refractivity contribution < 1.29 is 8.81 Å². The number of rotatable bonds is 3. The Hall–Kier alpha value is -1.36. The molecule has 0 aliphatic carbocycles. The molecule has 1 spiro atoms. The molecule has 0 unspecified atom stereocenters. The van der Waals surface area contributed by atoms with Crippen molar-refractivity contribution in [2.75, 3.05) is 26.2 Å². The van der Waals surface area contributed by atoms with Gasteiger partial charge in [0.1, 0.15) is 17.3 Å². The molecule has 0 saturated carbocycles. The van der Waals surface area contributed by atoms with Gasteiger partial charge in [0.15, 0.2) is 0 Å². The fraction of sp³-hybridized carbons (Fsp3) is 0.474. The molecule has 130 valence electrons. The third kappa shape index (κ3) is 3.51. The zero-order valence-electron chi connectivity index (χ0n) is 13.8. The van der Waals surface area contributed by atoms with Crippen LogP contribution < -0.4 is 5.32 Å². The summed E-state index contributed by atoms with van der Waals surface area (Å²) in [7, 11) is 0. The molecule has 3 heterocycles. The van der Waals surface area contributed by atoms with Crippen LogP contribution in [0.3, 0.4) is 0 Å². The van der Waals surface area contributed by atoms with Crippen molar-refractivity contribution in [1.82, 2.24) is 10.2 Å². The van der Waals surface area contributed by atoms with Crippen molar-refractivity contribution in [3.05, 3.63) is 48.0 Å². The van der Waals surface area contributed by atoms with Crippen LogP contribution in [0.5, 0.6) is 0 Å². The molecule has 4 rings (SSSR count). The van der Waals surface area contributed by atoms with E-state index >= 15 is 0 Å². The summed E-state index contributed by atoms with van der Waals surface area (Å²) in [6.45, 7) is 5.40. The Morgan fingerprint density at radius 2 is 1.88 bits per heavy atom. The van der Waals surface area contributed by atoms with Crippen molar-refractivity contribution in [2.24, 2.45) is 5.41 Å². The first-order chi connectivity index (χ1) is 11.2. The number of hydrogen-bond acceptors (Lipinski definition) is 3. The Labute approximate surface area is 148 Å². The molecule has 5 heteroatoms. The summed E-state index contributed by atoms with van der Waals surface area (Å²) in [4.78, 5) is 2.48. The maximum Gasteiger partial charge on any atom is 0.137 e. The van der Waals surface area contributed by atoms with E-state index in [0.717, 1.165) is 38.5 Å². The Morgan fingerprint density at radius 3 is 2.67 bits per heavy atom. The maximum atomic E-state index is 13.9. The highest BCUT2D eigenvalue weighted by Crippen LogP contribution is 2.39. The Bertz CT molecular complexity index is 682. The molecule has 2 fully saturated rings. The molecule has 0 atom stereocenters. The van der Waals surface area contributed by atoms with Crippen molar-refractivity contribution in [3.8, 4) is 11.3 Å². The molecule has 2 aliphatic rings. The van der Waals surface area contributed by atoms with E-state index < -0.39 is 0 Å². The number of halogens is 2. The summed E-state index contributed by atoms with van der Waals surface area (Å²) in [5, 5.41) is 3.45. The third-order valence-electron chi connectivity index (χ3n) is 5.36. The first kappa shape index (κ1) is 17.5. The molecule has 1 aromatic carbocycles. The number of piperidine rings is 1. The first-order valence-electron chi connectivity index (χ1n) is 8.51. The van der Waals surface area contributed by atoms with E-state index in [-0.39, 0.29) is 18.2 Å². The number of nitrogens with one attached hydrogen (secondary N) is 1. The van der Waals surface area contributed by atoms with Crippen LogP contribution in [0, 0.1) is 11.2 Å². The number of furan rings is 1. The molecule has 0 radical (unpaired) electrons. The van der Waals surface area contributed by atoms with Gasteiger partial charge in [0.2, 0.25) is 0 Å². The molecule has 0 bridgehead atoms. The van der Waals surface area contributed by atoms with Crippen LogP contribution in [-0.2, 0) is 6.54 Å². The lowest BCUT2D eigenvalue weighted by Crippen LogP contribution is -2.38. The highest BCUT2D eigenvalue weighted by atomic mass is 35.5. The maximum absolute atomic E-state index is 13.9. The van der Waals surface area contributed by atoms with Gasteiger partial charge in [-0.3, -0.25) is 4.90 Å². The van der Waals surface area contributed by atoms with Crippen molar-refractivity contribution in [3.63, 3.8) is 0 Å². The van der Waals surface area contributed by atoms with Crippen LogP contribution >= 0.6 is 12.4 Å². The predicted octanol–water partition coefficient (Wildman–Crippen LogP) is 4.08. The minimum Gasteiger partial charge on any atom is -0.460 e. The summed E-state index contributed by atoms with van der Waals surface area (Å²) < 4.78 is 19.7. The summed E-state index contributed by atoms with van der Waals surface area (Å²) in [6.07, 6.45) is 3.85. The highest BCUT2D eigenvalue weighted by molar-refractivity contribution is 5.85. The van der Waals surface area contributed by atoms with Gasteiger partial charge in [0.25, 0.3) is 0 Å². The highest BCUT2D eigenvalue weighted by Gasteiger charge is 2.38. The minimum atomic E-state index is -0.233. The van der Waals surface area contributed by atoms with E-state index in [4.69, 9.17) is 4.42 Å². The second kappa shape index (κ2) is 7.26. The Kier molecular flexibility index (Phi) is 5.28. The summed E-state index contributed by atoms with van der Waals surface area (Å²) in [6, 6.07) is 10.6. The zero-order chi connectivity index (χ0) is 15.7. The van der Waals surface area contributed by atoms with E-state index in [0.29, 0.717) is 16.7 Å². The third-order valence-corrected chi connectivity index (χ3v) is 5.36. The lowest BCUT2D eigenvalue weighted by Gasteiger charge is -2.33.